The highest BCUT2D eigenvalue weighted by Crippen LogP contribution is 2.38. The number of methoxy groups -OCH3 is 1. The first-order valence-corrected chi connectivity index (χ1v) is 5.49. The molecule has 0 fully saturated rings. The Morgan fingerprint density at radius 2 is 2.31 bits per heavy atom. The molecule has 1 aliphatic heterocycles. The van der Waals surface area contributed by atoms with Gasteiger partial charge in [0.15, 0.2) is 11.5 Å². The van der Waals surface area contributed by atoms with E-state index in [9.17, 15) is 4.79 Å². The van der Waals surface area contributed by atoms with Gasteiger partial charge in [-0.25, -0.2) is 0 Å². The number of hydrogen-bond donors (Lipinski definition) is 0. The van der Waals surface area contributed by atoms with Crippen molar-refractivity contribution in [3.63, 3.8) is 0 Å². The third kappa shape index (κ3) is 2.00. The van der Waals surface area contributed by atoms with Crippen molar-refractivity contribution in [3.05, 3.63) is 22.7 Å². The van der Waals surface area contributed by atoms with E-state index in [4.69, 9.17) is 21.1 Å². The SMILES string of the molecule is COc1cc(Cl)cc2c1OCC(C(C)=O)C2. The molecule has 0 radical (unpaired) electrons. The zero-order valence-electron chi connectivity index (χ0n) is 9.25. The van der Waals surface area contributed by atoms with E-state index >= 15 is 0 Å². The Kier molecular flexibility index (Phi) is 3.06. The molecule has 1 aromatic carbocycles. The molecule has 4 heteroatoms. The van der Waals surface area contributed by atoms with Crippen LogP contribution >= 0.6 is 11.6 Å². The fourth-order valence-corrected chi connectivity index (χ4v) is 2.09. The van der Waals surface area contributed by atoms with Crippen molar-refractivity contribution in [2.24, 2.45) is 5.92 Å². The maximum Gasteiger partial charge on any atom is 0.164 e. The zero-order chi connectivity index (χ0) is 11.7. The second-order valence-corrected chi connectivity index (χ2v) is 4.36. The smallest absolute Gasteiger partial charge is 0.164 e. The molecule has 0 aliphatic carbocycles. The standard InChI is InChI=1S/C12H13ClO3/c1-7(14)9-3-8-4-10(13)5-11(15-2)12(8)16-6-9/h4-5,9H,3,6H2,1-2H3. The summed E-state index contributed by atoms with van der Waals surface area (Å²) in [7, 11) is 1.58. The molecule has 1 heterocycles. The summed E-state index contributed by atoms with van der Waals surface area (Å²) in [5.74, 6) is 1.41. The first kappa shape index (κ1) is 11.3. The van der Waals surface area contributed by atoms with Crippen molar-refractivity contribution in [1.82, 2.24) is 0 Å². The Labute approximate surface area is 99.3 Å². The summed E-state index contributed by atoms with van der Waals surface area (Å²) in [6.45, 7) is 2.00. The van der Waals surface area contributed by atoms with E-state index in [1.165, 1.54) is 0 Å². The van der Waals surface area contributed by atoms with Gasteiger partial charge in [0.05, 0.1) is 19.6 Å². The highest BCUT2D eigenvalue weighted by molar-refractivity contribution is 6.30. The number of carbonyl (C=O) groups excluding carboxylic acids is 1. The molecule has 0 saturated heterocycles. The quantitative estimate of drug-likeness (QED) is 0.797. The highest BCUT2D eigenvalue weighted by atomic mass is 35.5. The molecule has 3 nitrogen and oxygen atoms in total. The fourth-order valence-electron chi connectivity index (χ4n) is 1.86. The summed E-state index contributed by atoms with van der Waals surface area (Å²) in [6.07, 6.45) is 0.668. The van der Waals surface area contributed by atoms with Crippen LogP contribution < -0.4 is 9.47 Å². The number of Topliss-reactive ketones (excluding diaryl/α,β-unsaturated/α-hetero) is 1. The second-order valence-electron chi connectivity index (χ2n) is 3.92. The van der Waals surface area contributed by atoms with Gasteiger partial charge in [-0.05, 0) is 19.4 Å². The number of rotatable bonds is 2. The fraction of sp³-hybridized carbons (Fsp3) is 0.417. The van der Waals surface area contributed by atoms with E-state index in [-0.39, 0.29) is 11.7 Å². The molecule has 1 unspecified atom stereocenters. The Hall–Kier alpha value is -1.22. The lowest BCUT2D eigenvalue weighted by Gasteiger charge is -2.25. The van der Waals surface area contributed by atoms with Crippen LogP contribution in [0.5, 0.6) is 11.5 Å². The van der Waals surface area contributed by atoms with E-state index in [0.29, 0.717) is 29.5 Å². The van der Waals surface area contributed by atoms with Crippen molar-refractivity contribution in [2.75, 3.05) is 13.7 Å². The van der Waals surface area contributed by atoms with Gasteiger partial charge in [0.25, 0.3) is 0 Å². The van der Waals surface area contributed by atoms with E-state index < -0.39 is 0 Å². The average Bonchev–Trinajstić information content (AvgIpc) is 2.26. The first-order valence-electron chi connectivity index (χ1n) is 5.11. The van der Waals surface area contributed by atoms with Crippen LogP contribution in [0.3, 0.4) is 0 Å². The molecule has 16 heavy (non-hydrogen) atoms. The van der Waals surface area contributed by atoms with E-state index in [0.717, 1.165) is 5.56 Å². The third-order valence-electron chi connectivity index (χ3n) is 2.79. The minimum atomic E-state index is -0.0735. The van der Waals surface area contributed by atoms with Gasteiger partial charge in [-0.3, -0.25) is 4.79 Å². The maximum absolute atomic E-state index is 11.3. The number of halogens is 1. The summed E-state index contributed by atoms with van der Waals surface area (Å²) >= 11 is 5.97. The van der Waals surface area contributed by atoms with Crippen molar-refractivity contribution >= 4 is 17.4 Å². The predicted molar refractivity (Wildman–Crippen MR) is 61.4 cm³/mol. The van der Waals surface area contributed by atoms with Crippen molar-refractivity contribution in [1.29, 1.82) is 0 Å². The monoisotopic (exact) mass is 240 g/mol. The molecule has 0 bridgehead atoms. The van der Waals surface area contributed by atoms with Gasteiger partial charge in [-0.2, -0.15) is 0 Å². The van der Waals surface area contributed by atoms with Crippen LogP contribution in [0.1, 0.15) is 12.5 Å². The van der Waals surface area contributed by atoms with Crippen LogP contribution in [-0.2, 0) is 11.2 Å². The van der Waals surface area contributed by atoms with Crippen molar-refractivity contribution in [2.45, 2.75) is 13.3 Å². The lowest BCUT2D eigenvalue weighted by Crippen LogP contribution is -2.26. The number of fused-ring (bicyclic) bond motifs is 1. The van der Waals surface area contributed by atoms with Crippen LogP contribution in [0.25, 0.3) is 0 Å². The van der Waals surface area contributed by atoms with E-state index in [1.807, 2.05) is 6.07 Å². The predicted octanol–water partition coefficient (Wildman–Crippen LogP) is 2.49. The Morgan fingerprint density at radius 1 is 1.56 bits per heavy atom. The molecule has 0 aromatic heterocycles. The van der Waals surface area contributed by atoms with Crippen molar-refractivity contribution in [3.8, 4) is 11.5 Å². The number of carbonyl (C=O) groups is 1. The summed E-state index contributed by atoms with van der Waals surface area (Å²) in [4.78, 5) is 11.3. The van der Waals surface area contributed by atoms with E-state index in [1.54, 1.807) is 20.1 Å². The lowest BCUT2D eigenvalue weighted by molar-refractivity contribution is -0.121. The molecule has 0 saturated carbocycles. The molecule has 86 valence electrons. The van der Waals surface area contributed by atoms with Gasteiger partial charge < -0.3 is 9.47 Å². The molecule has 1 atom stereocenters. The number of ketones is 1. The van der Waals surface area contributed by atoms with Crippen LogP contribution in [0.15, 0.2) is 12.1 Å². The molecule has 0 amide bonds. The van der Waals surface area contributed by atoms with Gasteiger partial charge in [0, 0.05) is 16.7 Å². The number of hydrogen-bond acceptors (Lipinski definition) is 3. The molecule has 1 aliphatic rings. The maximum atomic E-state index is 11.3. The minimum Gasteiger partial charge on any atom is -0.493 e. The van der Waals surface area contributed by atoms with Crippen LogP contribution in [0, 0.1) is 5.92 Å². The normalized spacial score (nSPS) is 18.6. The third-order valence-corrected chi connectivity index (χ3v) is 3.00. The summed E-state index contributed by atoms with van der Waals surface area (Å²) in [5.41, 5.74) is 0.941. The van der Waals surface area contributed by atoms with Crippen LogP contribution in [0.2, 0.25) is 5.02 Å². The summed E-state index contributed by atoms with van der Waals surface area (Å²) in [5, 5.41) is 0.600. The molecule has 0 N–H and O–H groups in total. The largest absolute Gasteiger partial charge is 0.493 e. The Balaban J connectivity index is 2.38. The topological polar surface area (TPSA) is 35.5 Å². The van der Waals surface area contributed by atoms with Gasteiger partial charge in [-0.1, -0.05) is 11.6 Å². The lowest BCUT2D eigenvalue weighted by atomic mass is 9.93. The molecule has 1 aromatic rings. The van der Waals surface area contributed by atoms with Gasteiger partial charge in [0.2, 0.25) is 0 Å². The summed E-state index contributed by atoms with van der Waals surface area (Å²) < 4.78 is 10.8. The zero-order valence-corrected chi connectivity index (χ0v) is 10.0. The van der Waals surface area contributed by atoms with Gasteiger partial charge in [0.1, 0.15) is 5.78 Å². The number of ether oxygens (including phenoxy) is 2. The molecule has 0 spiro atoms. The molecular formula is C12H13ClO3. The average molecular weight is 241 g/mol. The second kappa shape index (κ2) is 4.34. The minimum absolute atomic E-state index is 0.0735. The van der Waals surface area contributed by atoms with Crippen LogP contribution in [-0.4, -0.2) is 19.5 Å². The Bertz CT molecular complexity index is 429. The van der Waals surface area contributed by atoms with Crippen LogP contribution in [0.4, 0.5) is 0 Å². The number of benzene rings is 1. The molecule has 2 rings (SSSR count). The summed E-state index contributed by atoms with van der Waals surface area (Å²) in [6, 6.07) is 3.54. The van der Waals surface area contributed by atoms with Gasteiger partial charge >= 0.3 is 0 Å². The first-order chi connectivity index (χ1) is 7.61. The highest BCUT2D eigenvalue weighted by Gasteiger charge is 2.26. The van der Waals surface area contributed by atoms with Crippen molar-refractivity contribution < 1.29 is 14.3 Å². The van der Waals surface area contributed by atoms with E-state index in [2.05, 4.69) is 0 Å². The molecular weight excluding hydrogens is 228 g/mol. The Morgan fingerprint density at radius 3 is 2.94 bits per heavy atom. The van der Waals surface area contributed by atoms with Gasteiger partial charge in [-0.15, -0.1) is 0 Å².